The number of thiazole rings is 1. The Morgan fingerprint density at radius 1 is 1.33 bits per heavy atom. The van der Waals surface area contributed by atoms with Crippen molar-refractivity contribution in [3.8, 4) is 5.75 Å². The topological polar surface area (TPSA) is 58.5 Å². The lowest BCUT2D eigenvalue weighted by Crippen LogP contribution is -2.42. The number of nitrogens with one attached hydrogen (secondary N) is 2. The predicted molar refractivity (Wildman–Crippen MR) is 98.9 cm³/mol. The highest BCUT2D eigenvalue weighted by molar-refractivity contribution is 7.11. The third kappa shape index (κ3) is 4.26. The number of aryl methyl sites for hydroxylation is 1. The quantitative estimate of drug-likeness (QED) is 0.625. The van der Waals surface area contributed by atoms with E-state index < -0.39 is 0 Å². The highest BCUT2D eigenvalue weighted by Crippen LogP contribution is 2.27. The minimum Gasteiger partial charge on any atom is -0.488 e. The van der Waals surface area contributed by atoms with Crippen LogP contribution < -0.4 is 15.4 Å². The van der Waals surface area contributed by atoms with Crippen LogP contribution in [0.1, 0.15) is 29.3 Å². The van der Waals surface area contributed by atoms with Crippen molar-refractivity contribution in [1.82, 2.24) is 15.6 Å². The van der Waals surface area contributed by atoms with Gasteiger partial charge in [0.05, 0.1) is 13.1 Å². The molecule has 0 fully saturated rings. The van der Waals surface area contributed by atoms with Crippen LogP contribution in [0.15, 0.2) is 35.5 Å². The van der Waals surface area contributed by atoms with Gasteiger partial charge in [-0.2, -0.15) is 0 Å². The van der Waals surface area contributed by atoms with E-state index >= 15 is 0 Å². The van der Waals surface area contributed by atoms with Crippen LogP contribution in [-0.2, 0) is 19.4 Å². The molecule has 0 saturated heterocycles. The monoisotopic (exact) mass is 344 g/mol. The molecule has 1 unspecified atom stereocenters. The Morgan fingerprint density at radius 3 is 2.96 bits per heavy atom. The molecule has 0 amide bonds. The summed E-state index contributed by atoms with van der Waals surface area (Å²) in [6, 6.07) is 8.23. The third-order valence-electron chi connectivity index (χ3n) is 3.88. The molecule has 2 N–H and O–H groups in total. The molecular formula is C18H24N4OS. The van der Waals surface area contributed by atoms with E-state index in [9.17, 15) is 0 Å². The van der Waals surface area contributed by atoms with Gasteiger partial charge in [-0.15, -0.1) is 11.3 Å². The first-order chi connectivity index (χ1) is 11.8. The number of benzene rings is 1. The van der Waals surface area contributed by atoms with E-state index in [4.69, 9.17) is 4.74 Å². The fourth-order valence-electron chi connectivity index (χ4n) is 2.65. The molecular weight excluding hydrogens is 320 g/mol. The summed E-state index contributed by atoms with van der Waals surface area (Å²) in [6.07, 6.45) is 4.06. The fraction of sp³-hybridized carbons (Fsp3) is 0.444. The van der Waals surface area contributed by atoms with Crippen molar-refractivity contribution in [2.24, 2.45) is 4.99 Å². The maximum atomic E-state index is 5.96. The van der Waals surface area contributed by atoms with E-state index in [1.165, 1.54) is 10.4 Å². The number of fused-ring (bicyclic) bond motifs is 1. The largest absolute Gasteiger partial charge is 0.488 e. The summed E-state index contributed by atoms with van der Waals surface area (Å²) in [6.45, 7) is 6.38. The van der Waals surface area contributed by atoms with Crippen molar-refractivity contribution >= 4 is 17.3 Å². The van der Waals surface area contributed by atoms with Gasteiger partial charge in [-0.05, 0) is 25.0 Å². The molecule has 2 heterocycles. The summed E-state index contributed by atoms with van der Waals surface area (Å²) in [5, 5.41) is 7.71. The van der Waals surface area contributed by atoms with Gasteiger partial charge in [0.2, 0.25) is 0 Å². The minimum atomic E-state index is 0.151. The van der Waals surface area contributed by atoms with Gasteiger partial charge in [-0.1, -0.05) is 25.1 Å². The van der Waals surface area contributed by atoms with Gasteiger partial charge in [0, 0.05) is 24.0 Å². The van der Waals surface area contributed by atoms with Crippen LogP contribution in [0, 0.1) is 0 Å². The number of hydrogen-bond acceptors (Lipinski definition) is 4. The molecule has 1 aromatic carbocycles. The lowest BCUT2D eigenvalue weighted by molar-refractivity contribution is 0.235. The molecule has 6 heteroatoms. The molecule has 1 aliphatic rings. The highest BCUT2D eigenvalue weighted by Gasteiger charge is 2.22. The predicted octanol–water partition coefficient (Wildman–Crippen LogP) is 2.76. The molecule has 0 radical (unpaired) electrons. The molecule has 1 atom stereocenters. The van der Waals surface area contributed by atoms with Crippen molar-refractivity contribution in [2.45, 2.75) is 39.3 Å². The Morgan fingerprint density at radius 2 is 2.21 bits per heavy atom. The second kappa shape index (κ2) is 8.15. The molecule has 24 heavy (non-hydrogen) atoms. The van der Waals surface area contributed by atoms with Crippen LogP contribution in [0.25, 0.3) is 0 Å². The van der Waals surface area contributed by atoms with Crippen molar-refractivity contribution in [1.29, 1.82) is 0 Å². The molecule has 0 spiro atoms. The summed E-state index contributed by atoms with van der Waals surface area (Å²) < 4.78 is 5.96. The Bertz CT molecular complexity index is 673. The van der Waals surface area contributed by atoms with Crippen LogP contribution in [0.2, 0.25) is 0 Å². The van der Waals surface area contributed by atoms with Crippen LogP contribution in [0.3, 0.4) is 0 Å². The first-order valence-corrected chi connectivity index (χ1v) is 9.30. The lowest BCUT2D eigenvalue weighted by Gasteiger charge is -2.15. The average Bonchev–Trinajstić information content (AvgIpc) is 3.23. The molecule has 5 nitrogen and oxygen atoms in total. The Kier molecular flexibility index (Phi) is 5.69. The molecule has 128 valence electrons. The van der Waals surface area contributed by atoms with Gasteiger partial charge < -0.3 is 15.4 Å². The van der Waals surface area contributed by atoms with Crippen LogP contribution in [0.5, 0.6) is 5.75 Å². The number of aromatic nitrogens is 1. The number of hydrogen-bond donors (Lipinski definition) is 2. The number of guanidine groups is 1. The van der Waals surface area contributed by atoms with Crippen LogP contribution in [0.4, 0.5) is 0 Å². The zero-order valence-corrected chi connectivity index (χ0v) is 15.0. The smallest absolute Gasteiger partial charge is 0.191 e. The van der Waals surface area contributed by atoms with E-state index in [1.54, 1.807) is 11.3 Å². The van der Waals surface area contributed by atoms with Crippen molar-refractivity contribution < 1.29 is 4.74 Å². The first kappa shape index (κ1) is 16.8. The maximum Gasteiger partial charge on any atom is 0.191 e. The Labute approximate surface area is 147 Å². The van der Waals surface area contributed by atoms with E-state index in [-0.39, 0.29) is 6.10 Å². The fourth-order valence-corrected chi connectivity index (χ4v) is 3.44. The number of aliphatic imine (C=N–C) groups is 1. The SMILES string of the molecule is CCNC(=NCc1ncc(CC)s1)NCC1Cc2ccccc2O1. The highest BCUT2D eigenvalue weighted by atomic mass is 32.1. The number of ether oxygens (including phenoxy) is 1. The van der Waals surface area contributed by atoms with E-state index in [2.05, 4.69) is 46.6 Å². The molecule has 0 aliphatic carbocycles. The van der Waals surface area contributed by atoms with Crippen molar-refractivity contribution in [2.75, 3.05) is 13.1 Å². The molecule has 0 saturated carbocycles. The van der Waals surface area contributed by atoms with Gasteiger partial charge in [0.1, 0.15) is 16.9 Å². The first-order valence-electron chi connectivity index (χ1n) is 8.48. The summed E-state index contributed by atoms with van der Waals surface area (Å²) in [5.74, 6) is 1.81. The molecule has 2 aromatic rings. The third-order valence-corrected chi connectivity index (χ3v) is 5.00. The zero-order chi connectivity index (χ0) is 16.8. The zero-order valence-electron chi connectivity index (χ0n) is 14.2. The van der Waals surface area contributed by atoms with E-state index in [1.807, 2.05) is 18.3 Å². The summed E-state index contributed by atoms with van der Waals surface area (Å²) >= 11 is 1.73. The van der Waals surface area contributed by atoms with Crippen LogP contribution in [-0.4, -0.2) is 30.1 Å². The lowest BCUT2D eigenvalue weighted by atomic mass is 10.1. The number of para-hydroxylation sites is 1. The standard InChI is InChI=1S/C18H24N4OS/c1-3-15-11-20-17(24-15)12-22-18(19-4-2)21-10-14-9-13-7-5-6-8-16(13)23-14/h5-8,11,14H,3-4,9-10,12H2,1-2H3,(H2,19,21,22). The normalized spacial score (nSPS) is 16.6. The van der Waals surface area contributed by atoms with Crippen LogP contribution >= 0.6 is 11.3 Å². The molecule has 0 bridgehead atoms. The Hall–Kier alpha value is -2.08. The van der Waals surface area contributed by atoms with E-state index in [0.29, 0.717) is 6.54 Å². The van der Waals surface area contributed by atoms with E-state index in [0.717, 1.165) is 42.6 Å². The van der Waals surface area contributed by atoms with Gasteiger partial charge in [-0.3, -0.25) is 0 Å². The van der Waals surface area contributed by atoms with Gasteiger partial charge in [0.15, 0.2) is 5.96 Å². The van der Waals surface area contributed by atoms with Crippen molar-refractivity contribution in [3.63, 3.8) is 0 Å². The van der Waals surface area contributed by atoms with Gasteiger partial charge in [-0.25, -0.2) is 9.98 Å². The summed E-state index contributed by atoms with van der Waals surface area (Å²) in [7, 11) is 0. The number of nitrogens with zero attached hydrogens (tertiary/aromatic N) is 2. The summed E-state index contributed by atoms with van der Waals surface area (Å²) in [5.41, 5.74) is 1.28. The molecule has 1 aliphatic heterocycles. The minimum absolute atomic E-state index is 0.151. The molecule has 3 rings (SSSR count). The Balaban J connectivity index is 1.53. The van der Waals surface area contributed by atoms with Gasteiger partial charge >= 0.3 is 0 Å². The second-order valence-corrected chi connectivity index (χ2v) is 6.90. The summed E-state index contributed by atoms with van der Waals surface area (Å²) in [4.78, 5) is 10.3. The molecule has 1 aromatic heterocycles. The van der Waals surface area contributed by atoms with Gasteiger partial charge in [0.25, 0.3) is 0 Å². The second-order valence-electron chi connectivity index (χ2n) is 5.70. The number of rotatable bonds is 6. The average molecular weight is 344 g/mol. The maximum absolute atomic E-state index is 5.96. The van der Waals surface area contributed by atoms with Crippen molar-refractivity contribution in [3.05, 3.63) is 45.9 Å².